The molecule has 2 heterocycles. The maximum Gasteiger partial charge on any atom is 0.301 e. The quantitative estimate of drug-likeness (QED) is 0.0869. The highest BCUT2D eigenvalue weighted by Gasteiger charge is 2.48. The fourth-order valence-electron chi connectivity index (χ4n) is 4.36. The predicted molar refractivity (Wildman–Crippen MR) is 153 cm³/mol. The summed E-state index contributed by atoms with van der Waals surface area (Å²) in [6.45, 7) is 0. The zero-order valence-corrected chi connectivity index (χ0v) is 23.8. The standard InChI is InChI=1S/C29H24FN3O6S2/c1-37-20-11-6-17(7-12-20)25(34)23-24(18-8-13-21(38-2)22(14-18)39-3)33(27(36)26(23)35)28-31-32-29(41-28)40-15-16-4-9-19(30)10-5-16/h4-14,24,34H,15H2,1-3H3/b25-23-. The molecule has 1 aromatic heterocycles. The van der Waals surface area contributed by atoms with Crippen LogP contribution in [0.1, 0.15) is 22.7 Å². The molecule has 0 saturated carbocycles. The van der Waals surface area contributed by atoms with Crippen LogP contribution in [0, 0.1) is 5.82 Å². The first-order chi connectivity index (χ1) is 19.8. The van der Waals surface area contributed by atoms with E-state index in [0.29, 0.717) is 38.5 Å². The van der Waals surface area contributed by atoms with E-state index in [-0.39, 0.29) is 22.3 Å². The van der Waals surface area contributed by atoms with Crippen LogP contribution in [-0.2, 0) is 15.3 Å². The van der Waals surface area contributed by atoms with E-state index in [1.807, 2.05) is 0 Å². The van der Waals surface area contributed by atoms with Crippen molar-refractivity contribution >= 4 is 45.7 Å². The summed E-state index contributed by atoms with van der Waals surface area (Å²) >= 11 is 2.50. The molecular formula is C29H24FN3O6S2. The van der Waals surface area contributed by atoms with Gasteiger partial charge in [0.1, 0.15) is 17.3 Å². The number of rotatable bonds is 9. The monoisotopic (exact) mass is 593 g/mol. The predicted octanol–water partition coefficient (Wildman–Crippen LogP) is 5.62. The first-order valence-corrected chi connectivity index (χ1v) is 14.0. The molecule has 0 spiro atoms. The van der Waals surface area contributed by atoms with Crippen molar-refractivity contribution in [1.29, 1.82) is 0 Å². The summed E-state index contributed by atoms with van der Waals surface area (Å²) in [7, 11) is 4.50. The number of ether oxygens (including phenoxy) is 3. The van der Waals surface area contributed by atoms with E-state index < -0.39 is 17.7 Å². The van der Waals surface area contributed by atoms with Gasteiger partial charge in [-0.3, -0.25) is 14.5 Å². The number of methoxy groups -OCH3 is 3. The van der Waals surface area contributed by atoms with Crippen molar-refractivity contribution in [3.05, 3.63) is 94.8 Å². The molecule has 4 aromatic rings. The molecule has 1 aliphatic rings. The van der Waals surface area contributed by atoms with Crippen LogP contribution in [0.2, 0.25) is 0 Å². The maximum absolute atomic E-state index is 13.5. The van der Waals surface area contributed by atoms with Gasteiger partial charge in [-0.25, -0.2) is 4.39 Å². The number of hydrogen-bond acceptors (Lipinski definition) is 10. The molecule has 0 radical (unpaired) electrons. The first kappa shape index (κ1) is 28.1. The van der Waals surface area contributed by atoms with Gasteiger partial charge in [0.05, 0.1) is 32.9 Å². The highest BCUT2D eigenvalue weighted by atomic mass is 32.2. The lowest BCUT2D eigenvalue weighted by molar-refractivity contribution is -0.132. The first-order valence-electron chi connectivity index (χ1n) is 12.2. The van der Waals surface area contributed by atoms with E-state index in [1.165, 1.54) is 50.1 Å². The third-order valence-electron chi connectivity index (χ3n) is 6.41. The average molecular weight is 594 g/mol. The van der Waals surface area contributed by atoms with E-state index in [0.717, 1.165) is 16.9 Å². The second kappa shape index (κ2) is 12.0. The minimum absolute atomic E-state index is 0.108. The lowest BCUT2D eigenvalue weighted by atomic mass is 9.95. The summed E-state index contributed by atoms with van der Waals surface area (Å²) in [5.41, 5.74) is 1.61. The Bertz CT molecular complexity index is 1620. The number of aliphatic hydroxyl groups is 1. The third-order valence-corrected chi connectivity index (χ3v) is 8.54. The number of aromatic nitrogens is 2. The fourth-order valence-corrected chi connectivity index (χ4v) is 6.18. The molecule has 5 rings (SSSR count). The number of halogens is 1. The molecule has 1 unspecified atom stereocenters. The van der Waals surface area contributed by atoms with E-state index in [2.05, 4.69) is 10.2 Å². The van der Waals surface area contributed by atoms with Gasteiger partial charge in [-0.1, -0.05) is 41.3 Å². The minimum Gasteiger partial charge on any atom is -0.507 e. The van der Waals surface area contributed by atoms with Crippen LogP contribution in [0.4, 0.5) is 9.52 Å². The SMILES string of the molecule is COc1ccc(/C(O)=C2/C(=O)C(=O)N(c3nnc(SCc4ccc(F)cc4)s3)C2c2ccc(OC)c(OC)c2)cc1. The Morgan fingerprint density at radius 3 is 2.32 bits per heavy atom. The molecule has 1 N–H and O–H groups in total. The van der Waals surface area contributed by atoms with Crippen molar-refractivity contribution in [1.82, 2.24) is 10.2 Å². The van der Waals surface area contributed by atoms with Crippen LogP contribution in [0.15, 0.2) is 76.6 Å². The van der Waals surface area contributed by atoms with Crippen molar-refractivity contribution < 1.29 is 33.3 Å². The minimum atomic E-state index is -1.03. The second-order valence-electron chi connectivity index (χ2n) is 8.78. The molecule has 12 heteroatoms. The zero-order valence-electron chi connectivity index (χ0n) is 22.2. The van der Waals surface area contributed by atoms with Crippen LogP contribution in [0.5, 0.6) is 17.2 Å². The van der Waals surface area contributed by atoms with E-state index >= 15 is 0 Å². The smallest absolute Gasteiger partial charge is 0.301 e. The van der Waals surface area contributed by atoms with Gasteiger partial charge < -0.3 is 19.3 Å². The molecule has 1 atom stereocenters. The number of Topliss-reactive ketones (excluding diaryl/α,β-unsaturated/α-hetero) is 1. The number of thioether (sulfide) groups is 1. The number of hydrogen-bond donors (Lipinski definition) is 1. The van der Waals surface area contributed by atoms with Gasteiger partial charge in [-0.2, -0.15) is 0 Å². The highest BCUT2D eigenvalue weighted by Crippen LogP contribution is 2.45. The Morgan fingerprint density at radius 2 is 1.66 bits per heavy atom. The van der Waals surface area contributed by atoms with Crippen molar-refractivity contribution in [2.45, 2.75) is 16.1 Å². The van der Waals surface area contributed by atoms with Gasteiger partial charge >= 0.3 is 5.91 Å². The van der Waals surface area contributed by atoms with Gasteiger partial charge in [-0.05, 0) is 59.7 Å². The molecule has 3 aromatic carbocycles. The van der Waals surface area contributed by atoms with Crippen molar-refractivity contribution in [3.63, 3.8) is 0 Å². The number of benzene rings is 3. The van der Waals surface area contributed by atoms with Crippen LogP contribution in [-0.4, -0.2) is 48.3 Å². The Morgan fingerprint density at radius 1 is 0.951 bits per heavy atom. The van der Waals surface area contributed by atoms with Gasteiger partial charge in [-0.15, -0.1) is 10.2 Å². The van der Waals surface area contributed by atoms with E-state index in [1.54, 1.807) is 54.6 Å². The molecular weight excluding hydrogens is 569 g/mol. The second-order valence-corrected chi connectivity index (χ2v) is 11.0. The zero-order chi connectivity index (χ0) is 29.1. The van der Waals surface area contributed by atoms with Crippen molar-refractivity contribution in [2.24, 2.45) is 0 Å². The summed E-state index contributed by atoms with van der Waals surface area (Å²) in [5, 5.41) is 20.0. The summed E-state index contributed by atoms with van der Waals surface area (Å²) in [5.74, 6) is -0.477. The van der Waals surface area contributed by atoms with Crippen LogP contribution in [0.25, 0.3) is 5.76 Å². The Balaban J connectivity index is 1.57. The van der Waals surface area contributed by atoms with Gasteiger partial charge in [0.25, 0.3) is 5.78 Å². The molecule has 1 aliphatic heterocycles. The maximum atomic E-state index is 13.5. The number of carbonyl (C=O) groups excluding carboxylic acids is 2. The fraction of sp³-hybridized carbons (Fsp3) is 0.172. The molecule has 1 fully saturated rings. The van der Waals surface area contributed by atoms with Crippen LogP contribution >= 0.6 is 23.1 Å². The molecule has 41 heavy (non-hydrogen) atoms. The Labute approximate surface area is 243 Å². The molecule has 210 valence electrons. The van der Waals surface area contributed by atoms with Crippen molar-refractivity contribution in [3.8, 4) is 17.2 Å². The number of nitrogens with zero attached hydrogens (tertiary/aromatic N) is 3. The number of aliphatic hydroxyl groups excluding tert-OH is 1. The molecule has 9 nitrogen and oxygen atoms in total. The summed E-state index contributed by atoms with van der Waals surface area (Å²) in [6.07, 6.45) is 0. The van der Waals surface area contributed by atoms with Gasteiger partial charge in [0, 0.05) is 11.3 Å². The lowest BCUT2D eigenvalue weighted by Gasteiger charge is -2.23. The highest BCUT2D eigenvalue weighted by molar-refractivity contribution is 8.00. The van der Waals surface area contributed by atoms with E-state index in [4.69, 9.17) is 14.2 Å². The van der Waals surface area contributed by atoms with E-state index in [9.17, 15) is 19.1 Å². The molecule has 0 bridgehead atoms. The summed E-state index contributed by atoms with van der Waals surface area (Å²) in [6, 6.07) is 16.6. The molecule has 0 aliphatic carbocycles. The van der Waals surface area contributed by atoms with Crippen LogP contribution in [0.3, 0.4) is 0 Å². The lowest BCUT2D eigenvalue weighted by Crippen LogP contribution is -2.29. The number of ketones is 1. The number of carbonyl (C=O) groups is 2. The third kappa shape index (κ3) is 5.61. The number of anilines is 1. The largest absolute Gasteiger partial charge is 0.507 e. The summed E-state index contributed by atoms with van der Waals surface area (Å²) < 4.78 is 29.8. The Hall–Kier alpha value is -4.42. The van der Waals surface area contributed by atoms with Gasteiger partial charge in [0.2, 0.25) is 5.13 Å². The Kier molecular flexibility index (Phi) is 8.22. The van der Waals surface area contributed by atoms with Gasteiger partial charge in [0.15, 0.2) is 15.8 Å². The molecule has 1 saturated heterocycles. The topological polar surface area (TPSA) is 111 Å². The average Bonchev–Trinajstić information content (AvgIpc) is 3.57. The van der Waals surface area contributed by atoms with Crippen molar-refractivity contribution in [2.75, 3.05) is 26.2 Å². The normalized spacial score (nSPS) is 16.2. The van der Waals surface area contributed by atoms with Crippen LogP contribution < -0.4 is 19.1 Å². The number of amides is 1. The summed E-state index contributed by atoms with van der Waals surface area (Å²) in [4.78, 5) is 28.2. The molecule has 1 amide bonds.